The van der Waals surface area contributed by atoms with Crippen LogP contribution >= 0.6 is 11.3 Å². The van der Waals surface area contributed by atoms with Crippen molar-refractivity contribution in [1.29, 1.82) is 0 Å². The minimum absolute atomic E-state index is 0.133. The van der Waals surface area contributed by atoms with Crippen LogP contribution in [0.5, 0.6) is 17.2 Å². The lowest BCUT2D eigenvalue weighted by molar-refractivity contribution is 0.0580. The van der Waals surface area contributed by atoms with E-state index in [-0.39, 0.29) is 22.2 Å². The molecule has 2 atom stereocenters. The lowest BCUT2D eigenvalue weighted by Crippen LogP contribution is -2.28. The van der Waals surface area contributed by atoms with Gasteiger partial charge in [0.1, 0.15) is 23.4 Å². The molecular weight excluding hydrogens is 516 g/mol. The van der Waals surface area contributed by atoms with Gasteiger partial charge in [0, 0.05) is 11.6 Å². The van der Waals surface area contributed by atoms with Crippen molar-refractivity contribution in [3.63, 3.8) is 0 Å². The maximum atomic E-state index is 13.2. The summed E-state index contributed by atoms with van der Waals surface area (Å²) in [6.45, 7) is 0. The van der Waals surface area contributed by atoms with Gasteiger partial charge in [-0.3, -0.25) is 10.1 Å². The third-order valence-electron chi connectivity index (χ3n) is 6.00. The maximum Gasteiger partial charge on any atom is 0.379 e. The Bertz CT molecular complexity index is 1510. The highest BCUT2D eigenvalue weighted by Crippen LogP contribution is 2.43. The average Bonchev–Trinajstić information content (AvgIpc) is 3.66. The molecule has 1 aliphatic carbocycles. The van der Waals surface area contributed by atoms with Gasteiger partial charge in [0.2, 0.25) is 16.0 Å². The second kappa shape index (κ2) is 10.5. The summed E-state index contributed by atoms with van der Waals surface area (Å²) < 4.78 is 23.7. The Morgan fingerprint density at radius 3 is 2.61 bits per heavy atom. The van der Waals surface area contributed by atoms with Crippen molar-refractivity contribution in [2.45, 2.75) is 31.5 Å². The van der Waals surface area contributed by atoms with Crippen LogP contribution in [0, 0.1) is 0 Å². The minimum Gasteiger partial charge on any atom is -0.496 e. The van der Waals surface area contributed by atoms with Crippen LogP contribution in [0.2, 0.25) is 0 Å². The quantitative estimate of drug-likeness (QED) is 0.299. The Balaban J connectivity index is 1.55. The maximum absolute atomic E-state index is 13.2. The van der Waals surface area contributed by atoms with E-state index in [9.17, 15) is 14.7 Å². The number of methoxy groups -OCH3 is 2. The van der Waals surface area contributed by atoms with Gasteiger partial charge in [0.05, 0.1) is 32.1 Å². The van der Waals surface area contributed by atoms with Gasteiger partial charge in [-0.25, -0.2) is 4.79 Å². The first-order chi connectivity index (χ1) is 18.4. The molecule has 5 rings (SSSR count). The minimum atomic E-state index is -0.901. The van der Waals surface area contributed by atoms with Gasteiger partial charge in [0.15, 0.2) is 5.76 Å². The summed E-state index contributed by atoms with van der Waals surface area (Å²) in [7, 11) is 2.94. The zero-order chi connectivity index (χ0) is 26.8. The zero-order valence-electron chi connectivity index (χ0n) is 20.4. The molecule has 0 bridgehead atoms. The Kier molecular flexibility index (Phi) is 6.98. The van der Waals surface area contributed by atoms with E-state index in [0.29, 0.717) is 40.9 Å². The third-order valence-corrected chi connectivity index (χ3v) is 6.82. The fraction of sp³-hybridized carbons (Fsp3) is 0.292. The number of nitrogens with one attached hydrogen (secondary N) is 1. The van der Waals surface area contributed by atoms with Crippen molar-refractivity contribution in [3.8, 4) is 33.5 Å². The zero-order valence-corrected chi connectivity index (χ0v) is 21.2. The smallest absolute Gasteiger partial charge is 0.379 e. The Hall–Kier alpha value is -4.43. The summed E-state index contributed by atoms with van der Waals surface area (Å²) in [5.74, 6) is -0.119. The molecule has 198 valence electrons. The average molecular weight is 541 g/mol. The molecule has 1 aromatic carbocycles. The van der Waals surface area contributed by atoms with Crippen molar-refractivity contribution < 1.29 is 28.5 Å². The van der Waals surface area contributed by atoms with Gasteiger partial charge in [-0.1, -0.05) is 17.4 Å². The first-order valence-electron chi connectivity index (χ1n) is 11.6. The Labute approximate surface area is 219 Å². The van der Waals surface area contributed by atoms with E-state index in [0.717, 1.165) is 17.8 Å². The molecule has 0 unspecified atom stereocenters. The van der Waals surface area contributed by atoms with Gasteiger partial charge >= 0.3 is 5.63 Å². The van der Waals surface area contributed by atoms with Crippen molar-refractivity contribution >= 4 is 28.2 Å². The first kappa shape index (κ1) is 25.2. The summed E-state index contributed by atoms with van der Waals surface area (Å²) in [4.78, 5) is 26.3. The highest BCUT2D eigenvalue weighted by molar-refractivity contribution is 7.17. The van der Waals surface area contributed by atoms with E-state index < -0.39 is 23.7 Å². The van der Waals surface area contributed by atoms with Crippen molar-refractivity contribution in [2.75, 3.05) is 25.3 Å². The molecule has 4 aromatic rings. The van der Waals surface area contributed by atoms with Gasteiger partial charge in [-0.05, 0) is 37.5 Å². The predicted octanol–water partition coefficient (Wildman–Crippen LogP) is 2.49. The van der Waals surface area contributed by atoms with E-state index >= 15 is 0 Å². The molecule has 0 aliphatic heterocycles. The number of carbonyl (C=O) groups is 1. The number of aliphatic hydroxyl groups is 1. The summed E-state index contributed by atoms with van der Waals surface area (Å²) in [6.07, 6.45) is 2.03. The molecule has 1 fully saturated rings. The van der Waals surface area contributed by atoms with Crippen LogP contribution in [0.3, 0.4) is 0 Å². The summed E-state index contributed by atoms with van der Waals surface area (Å²) >= 11 is 1.02. The lowest BCUT2D eigenvalue weighted by Gasteiger charge is -2.20. The van der Waals surface area contributed by atoms with Crippen LogP contribution in [0.15, 0.2) is 45.7 Å². The number of amides is 1. The van der Waals surface area contributed by atoms with Gasteiger partial charge < -0.3 is 29.5 Å². The largest absolute Gasteiger partial charge is 0.496 e. The van der Waals surface area contributed by atoms with E-state index in [1.54, 1.807) is 24.3 Å². The van der Waals surface area contributed by atoms with Crippen molar-refractivity contribution in [3.05, 3.63) is 52.7 Å². The summed E-state index contributed by atoms with van der Waals surface area (Å²) in [5.41, 5.74) is 5.54. The molecule has 13 nitrogen and oxygen atoms in total. The molecule has 4 N–H and O–H groups in total. The predicted molar refractivity (Wildman–Crippen MR) is 137 cm³/mol. The number of anilines is 2. The molecule has 1 saturated carbocycles. The lowest BCUT2D eigenvalue weighted by atomic mass is 10.0. The molecule has 0 spiro atoms. The molecular formula is C24H24N6O7S. The summed E-state index contributed by atoms with van der Waals surface area (Å²) in [6, 6.07) is 8.05. The normalized spacial score (nSPS) is 16.8. The number of hydrogen-bond donors (Lipinski definition) is 3. The SMILES string of the molecule is COc1cccc(OC)c1-c1cc(C(=O)Nc2nnc(-n3nccc3N)s2)oc(=O)c1O[C@@H]1CCC[C@H]1O. The second-order valence-electron chi connectivity index (χ2n) is 8.34. The number of nitrogens with zero attached hydrogens (tertiary/aromatic N) is 4. The van der Waals surface area contributed by atoms with Crippen molar-refractivity contribution in [1.82, 2.24) is 20.0 Å². The molecule has 38 heavy (non-hydrogen) atoms. The molecule has 3 heterocycles. The van der Waals surface area contributed by atoms with Crippen LogP contribution in [-0.2, 0) is 0 Å². The fourth-order valence-corrected chi connectivity index (χ4v) is 4.91. The number of ether oxygens (including phenoxy) is 3. The van der Waals surface area contributed by atoms with E-state index in [4.69, 9.17) is 24.4 Å². The standard InChI is InChI=1S/C24H24N6O7S/c1-34-15-7-4-8-16(35-2)19(15)12-11-17(37-22(33)20(12)36-14-6-3-5-13(14)31)21(32)27-23-28-29-24(38-23)30-18(25)9-10-26-30/h4,7-11,13-14,31H,3,5-6,25H2,1-2H3,(H,27,28,32)/t13-,14-/m1/s1. The number of aliphatic hydroxyl groups excluding tert-OH is 1. The number of carbonyl (C=O) groups excluding carboxylic acids is 1. The topological polar surface area (TPSA) is 177 Å². The molecule has 3 aromatic heterocycles. The highest BCUT2D eigenvalue weighted by atomic mass is 32.1. The number of rotatable bonds is 8. The third kappa shape index (κ3) is 4.78. The first-order valence-corrected chi connectivity index (χ1v) is 12.4. The van der Waals surface area contributed by atoms with Crippen LogP contribution < -0.4 is 30.9 Å². The van der Waals surface area contributed by atoms with Gasteiger partial charge in [-0.15, -0.1) is 10.2 Å². The Morgan fingerprint density at radius 1 is 1.21 bits per heavy atom. The van der Waals surface area contributed by atoms with E-state index in [2.05, 4.69) is 20.6 Å². The fourth-order valence-electron chi connectivity index (χ4n) is 4.19. The number of hydrogen-bond acceptors (Lipinski definition) is 12. The van der Waals surface area contributed by atoms with Crippen LogP contribution in [-0.4, -0.2) is 57.4 Å². The number of benzene rings is 1. The molecule has 0 saturated heterocycles. The van der Waals surface area contributed by atoms with E-state index in [1.165, 1.54) is 31.2 Å². The van der Waals surface area contributed by atoms with E-state index in [1.807, 2.05) is 0 Å². The Morgan fingerprint density at radius 2 is 1.97 bits per heavy atom. The summed E-state index contributed by atoms with van der Waals surface area (Å²) in [5, 5.41) is 25.3. The van der Waals surface area contributed by atoms with Crippen molar-refractivity contribution in [2.24, 2.45) is 0 Å². The monoisotopic (exact) mass is 540 g/mol. The van der Waals surface area contributed by atoms with Crippen LogP contribution in [0.25, 0.3) is 16.3 Å². The number of nitrogens with two attached hydrogens (primary N) is 1. The molecule has 14 heteroatoms. The van der Waals surface area contributed by atoms with Gasteiger partial charge in [-0.2, -0.15) is 9.78 Å². The molecule has 0 radical (unpaired) electrons. The second-order valence-corrected chi connectivity index (χ2v) is 9.30. The van der Waals surface area contributed by atoms with Gasteiger partial charge in [0.25, 0.3) is 5.91 Å². The molecule has 1 amide bonds. The molecule has 1 aliphatic rings. The van der Waals surface area contributed by atoms with Crippen LogP contribution in [0.4, 0.5) is 10.9 Å². The number of aromatic nitrogens is 4. The number of nitrogen functional groups attached to an aromatic ring is 1. The van der Waals surface area contributed by atoms with Crippen LogP contribution in [0.1, 0.15) is 29.8 Å². The highest BCUT2D eigenvalue weighted by Gasteiger charge is 2.31.